The summed E-state index contributed by atoms with van der Waals surface area (Å²) in [6, 6.07) is 7.68. The van der Waals surface area contributed by atoms with Crippen LogP contribution in [0, 0.1) is 18.3 Å². The minimum absolute atomic E-state index is 0.198. The maximum absolute atomic E-state index is 10.9. The Morgan fingerprint density at radius 2 is 2.00 bits per heavy atom. The summed E-state index contributed by atoms with van der Waals surface area (Å²) < 4.78 is 5.79. The Morgan fingerprint density at radius 1 is 1.33 bits per heavy atom. The molecule has 3 nitrogen and oxygen atoms in total. The molecule has 0 spiro atoms. The van der Waals surface area contributed by atoms with Gasteiger partial charge in [0.1, 0.15) is 0 Å². The number of nitriles is 1. The lowest BCUT2D eigenvalue weighted by Gasteiger charge is -2.37. The molecule has 1 N–H and O–H groups in total. The van der Waals surface area contributed by atoms with Gasteiger partial charge in [0.25, 0.3) is 0 Å². The Morgan fingerprint density at radius 3 is 2.56 bits per heavy atom. The molecule has 2 aliphatic rings. The van der Waals surface area contributed by atoms with Crippen molar-refractivity contribution in [1.82, 2.24) is 0 Å². The molecular weight excluding hydrogens is 226 g/mol. The van der Waals surface area contributed by atoms with Crippen LogP contribution in [-0.4, -0.2) is 17.3 Å². The standard InChI is InChI=1S/C15H17NO2/c1-10-6-11(9-16)2-5-14(10)15(17)7-12-3-4-13(8-15)18-12/h2,5-6,12-13,17H,3-4,7-8H2,1H3. The number of ether oxygens (including phenoxy) is 1. The van der Waals surface area contributed by atoms with Gasteiger partial charge in [0, 0.05) is 12.8 Å². The lowest BCUT2D eigenvalue weighted by molar-refractivity contribution is -0.115. The van der Waals surface area contributed by atoms with E-state index in [1.54, 1.807) is 6.07 Å². The molecule has 2 heterocycles. The lowest BCUT2D eigenvalue weighted by atomic mass is 9.81. The van der Waals surface area contributed by atoms with Crippen LogP contribution >= 0.6 is 0 Å². The molecule has 2 saturated heterocycles. The van der Waals surface area contributed by atoms with E-state index in [1.807, 2.05) is 19.1 Å². The lowest BCUT2D eigenvalue weighted by Crippen LogP contribution is -2.39. The summed E-state index contributed by atoms with van der Waals surface area (Å²) in [5.74, 6) is 0. The second-order valence-corrected chi connectivity index (χ2v) is 5.54. The molecule has 1 aromatic rings. The molecule has 1 aromatic carbocycles. The van der Waals surface area contributed by atoms with Crippen molar-refractivity contribution in [3.63, 3.8) is 0 Å². The SMILES string of the molecule is Cc1cc(C#N)ccc1C1(O)CC2CCC(C1)O2. The summed E-state index contributed by atoms with van der Waals surface area (Å²) in [4.78, 5) is 0. The van der Waals surface area contributed by atoms with E-state index in [-0.39, 0.29) is 12.2 Å². The molecule has 3 heteroatoms. The van der Waals surface area contributed by atoms with Crippen LogP contribution in [0.4, 0.5) is 0 Å². The number of fused-ring (bicyclic) bond motifs is 2. The maximum Gasteiger partial charge on any atom is 0.0991 e. The van der Waals surface area contributed by atoms with Gasteiger partial charge < -0.3 is 9.84 Å². The first kappa shape index (κ1) is 11.7. The molecule has 2 fully saturated rings. The van der Waals surface area contributed by atoms with Crippen molar-refractivity contribution in [3.8, 4) is 6.07 Å². The molecule has 3 rings (SSSR count). The molecule has 2 bridgehead atoms. The van der Waals surface area contributed by atoms with Crippen molar-refractivity contribution >= 4 is 0 Å². The highest BCUT2D eigenvalue weighted by molar-refractivity contribution is 5.40. The Kier molecular flexibility index (Phi) is 2.65. The first-order valence-corrected chi connectivity index (χ1v) is 6.50. The smallest absolute Gasteiger partial charge is 0.0991 e. The minimum Gasteiger partial charge on any atom is -0.385 e. The van der Waals surface area contributed by atoms with Gasteiger partial charge in [0.05, 0.1) is 29.4 Å². The molecule has 0 amide bonds. The highest BCUT2D eigenvalue weighted by Gasteiger charge is 2.45. The summed E-state index contributed by atoms with van der Waals surface area (Å²) in [7, 11) is 0. The molecule has 0 saturated carbocycles. The molecule has 2 atom stereocenters. The van der Waals surface area contributed by atoms with E-state index in [1.165, 1.54) is 0 Å². The van der Waals surface area contributed by atoms with E-state index in [0.29, 0.717) is 18.4 Å². The predicted octanol–water partition coefficient (Wildman–Crippen LogP) is 2.40. The number of rotatable bonds is 1. The number of nitrogens with zero attached hydrogens (tertiary/aromatic N) is 1. The average molecular weight is 243 g/mol. The fourth-order valence-corrected chi connectivity index (χ4v) is 3.39. The number of aryl methyl sites for hydroxylation is 1. The second kappa shape index (κ2) is 4.08. The zero-order chi connectivity index (χ0) is 12.8. The van der Waals surface area contributed by atoms with Gasteiger partial charge in [0.15, 0.2) is 0 Å². The summed E-state index contributed by atoms with van der Waals surface area (Å²) in [6.45, 7) is 1.96. The van der Waals surface area contributed by atoms with E-state index in [9.17, 15) is 5.11 Å². The van der Waals surface area contributed by atoms with Crippen molar-refractivity contribution in [1.29, 1.82) is 5.26 Å². The van der Waals surface area contributed by atoms with Crippen LogP contribution in [0.15, 0.2) is 18.2 Å². The third-order valence-corrected chi connectivity index (χ3v) is 4.18. The van der Waals surface area contributed by atoms with E-state index in [0.717, 1.165) is 24.0 Å². The topological polar surface area (TPSA) is 53.2 Å². The molecule has 18 heavy (non-hydrogen) atoms. The molecular formula is C15H17NO2. The van der Waals surface area contributed by atoms with Crippen molar-refractivity contribution in [2.45, 2.75) is 50.4 Å². The van der Waals surface area contributed by atoms with Crippen LogP contribution in [-0.2, 0) is 10.3 Å². The fourth-order valence-electron chi connectivity index (χ4n) is 3.39. The number of aliphatic hydroxyl groups is 1. The van der Waals surface area contributed by atoms with E-state index >= 15 is 0 Å². The summed E-state index contributed by atoms with van der Waals surface area (Å²) in [6.07, 6.45) is 3.87. The van der Waals surface area contributed by atoms with Crippen molar-refractivity contribution < 1.29 is 9.84 Å². The predicted molar refractivity (Wildman–Crippen MR) is 66.9 cm³/mol. The summed E-state index contributed by atoms with van der Waals surface area (Å²) in [5.41, 5.74) is 1.83. The molecule has 2 aliphatic heterocycles. The summed E-state index contributed by atoms with van der Waals surface area (Å²) in [5, 5.41) is 19.8. The van der Waals surface area contributed by atoms with Gasteiger partial charge in [-0.2, -0.15) is 5.26 Å². The third-order valence-electron chi connectivity index (χ3n) is 4.18. The van der Waals surface area contributed by atoms with Crippen LogP contribution in [0.25, 0.3) is 0 Å². The molecule has 94 valence electrons. The van der Waals surface area contributed by atoms with Gasteiger partial charge in [-0.3, -0.25) is 0 Å². The van der Waals surface area contributed by atoms with Crippen molar-refractivity contribution in [3.05, 3.63) is 34.9 Å². The summed E-state index contributed by atoms with van der Waals surface area (Å²) >= 11 is 0. The van der Waals surface area contributed by atoms with Gasteiger partial charge in [-0.25, -0.2) is 0 Å². The Labute approximate surface area is 107 Å². The second-order valence-electron chi connectivity index (χ2n) is 5.54. The van der Waals surface area contributed by atoms with Crippen molar-refractivity contribution in [2.24, 2.45) is 0 Å². The average Bonchev–Trinajstić information content (AvgIpc) is 2.68. The quantitative estimate of drug-likeness (QED) is 0.824. The van der Waals surface area contributed by atoms with Crippen LogP contribution < -0.4 is 0 Å². The largest absolute Gasteiger partial charge is 0.385 e. The zero-order valence-corrected chi connectivity index (χ0v) is 10.5. The Balaban J connectivity index is 1.97. The molecule has 0 radical (unpaired) electrons. The van der Waals surface area contributed by atoms with Crippen LogP contribution in [0.2, 0.25) is 0 Å². The molecule has 2 unspecified atom stereocenters. The maximum atomic E-state index is 10.9. The molecule has 0 aliphatic carbocycles. The highest BCUT2D eigenvalue weighted by Crippen LogP contribution is 2.44. The van der Waals surface area contributed by atoms with Gasteiger partial charge >= 0.3 is 0 Å². The minimum atomic E-state index is -0.776. The fraction of sp³-hybridized carbons (Fsp3) is 0.533. The van der Waals surface area contributed by atoms with Gasteiger partial charge in [-0.05, 0) is 43.0 Å². The normalized spacial score (nSPS) is 34.3. The van der Waals surface area contributed by atoms with Gasteiger partial charge in [-0.1, -0.05) is 6.07 Å². The third kappa shape index (κ3) is 1.82. The number of hydrogen-bond acceptors (Lipinski definition) is 3. The van der Waals surface area contributed by atoms with E-state index in [4.69, 9.17) is 10.00 Å². The van der Waals surface area contributed by atoms with Crippen LogP contribution in [0.3, 0.4) is 0 Å². The van der Waals surface area contributed by atoms with Gasteiger partial charge in [-0.15, -0.1) is 0 Å². The number of benzene rings is 1. The van der Waals surface area contributed by atoms with Crippen LogP contribution in [0.5, 0.6) is 0 Å². The Bertz CT molecular complexity index is 506. The monoisotopic (exact) mass is 243 g/mol. The van der Waals surface area contributed by atoms with E-state index < -0.39 is 5.60 Å². The van der Waals surface area contributed by atoms with E-state index in [2.05, 4.69) is 6.07 Å². The highest BCUT2D eigenvalue weighted by atomic mass is 16.5. The first-order chi connectivity index (χ1) is 8.60. The Hall–Kier alpha value is -1.37. The zero-order valence-electron chi connectivity index (χ0n) is 10.5. The first-order valence-electron chi connectivity index (χ1n) is 6.50. The molecule has 0 aromatic heterocycles. The van der Waals surface area contributed by atoms with Gasteiger partial charge in [0.2, 0.25) is 0 Å². The van der Waals surface area contributed by atoms with Crippen molar-refractivity contribution in [2.75, 3.05) is 0 Å². The number of hydrogen-bond donors (Lipinski definition) is 1. The van der Waals surface area contributed by atoms with Crippen LogP contribution in [0.1, 0.15) is 42.4 Å².